The lowest BCUT2D eigenvalue weighted by Gasteiger charge is -2.42. The summed E-state index contributed by atoms with van der Waals surface area (Å²) in [7, 11) is 0. The van der Waals surface area contributed by atoms with Crippen molar-refractivity contribution in [2.75, 3.05) is 26.4 Å². The molecule has 2 heterocycles. The monoisotopic (exact) mass is 835 g/mol. The van der Waals surface area contributed by atoms with Crippen LogP contribution in [0.2, 0.25) is 0 Å². The van der Waals surface area contributed by atoms with Gasteiger partial charge in [-0.2, -0.15) is 0 Å². The molecule has 2 rings (SSSR count). The third-order valence-electron chi connectivity index (χ3n) is 10.7. The molecule has 7 N–H and O–H groups in total. The van der Waals surface area contributed by atoms with Gasteiger partial charge in [0.2, 0.25) is 0 Å². The van der Waals surface area contributed by atoms with Crippen molar-refractivity contribution < 1.29 is 73.8 Å². The van der Waals surface area contributed by atoms with Crippen molar-refractivity contribution in [1.29, 1.82) is 0 Å². The summed E-state index contributed by atoms with van der Waals surface area (Å²) >= 11 is 0. The molecule has 0 spiro atoms. The average molecular weight is 835 g/mol. The van der Waals surface area contributed by atoms with Gasteiger partial charge in [0, 0.05) is 12.8 Å². The Labute approximate surface area is 346 Å². The van der Waals surface area contributed by atoms with E-state index in [1.54, 1.807) is 0 Å². The molecule has 2 fully saturated rings. The lowest BCUT2D eigenvalue weighted by molar-refractivity contribution is -0.332. The molecule has 0 aromatic carbocycles. The van der Waals surface area contributed by atoms with E-state index in [0.29, 0.717) is 12.8 Å². The quantitative estimate of drug-likeness (QED) is 0.0278. The molecular weight excluding hydrogens is 756 g/mol. The molecule has 0 saturated carbocycles. The first kappa shape index (κ1) is 52.4. The van der Waals surface area contributed by atoms with Crippen LogP contribution in [0.15, 0.2) is 12.2 Å². The Morgan fingerprint density at radius 1 is 0.534 bits per heavy atom. The summed E-state index contributed by atoms with van der Waals surface area (Å²) in [6, 6.07) is 0. The molecule has 15 nitrogen and oxygen atoms in total. The van der Waals surface area contributed by atoms with E-state index in [0.717, 1.165) is 57.8 Å². The van der Waals surface area contributed by atoms with Gasteiger partial charge in [-0.3, -0.25) is 9.59 Å². The highest BCUT2D eigenvalue weighted by Crippen LogP contribution is 2.26. The third kappa shape index (κ3) is 21.2. The van der Waals surface area contributed by atoms with Gasteiger partial charge < -0.3 is 64.2 Å². The maximum Gasteiger partial charge on any atom is 0.306 e. The molecule has 11 atom stereocenters. The summed E-state index contributed by atoms with van der Waals surface area (Å²) in [5.74, 6) is -0.935. The van der Waals surface area contributed by atoms with Gasteiger partial charge in [0.15, 0.2) is 18.7 Å². The van der Waals surface area contributed by atoms with Crippen LogP contribution < -0.4 is 0 Å². The number of rotatable bonds is 33. The third-order valence-corrected chi connectivity index (χ3v) is 10.7. The molecule has 0 aliphatic carbocycles. The van der Waals surface area contributed by atoms with Crippen LogP contribution in [-0.4, -0.2) is 142 Å². The van der Waals surface area contributed by atoms with Crippen LogP contribution in [0.25, 0.3) is 0 Å². The molecular formula is C43H78O15. The average Bonchev–Trinajstić information content (AvgIpc) is 3.21. The van der Waals surface area contributed by atoms with E-state index in [-0.39, 0.29) is 26.1 Å². The van der Waals surface area contributed by atoms with Crippen LogP contribution in [0.1, 0.15) is 155 Å². The number of hydrogen-bond donors (Lipinski definition) is 7. The van der Waals surface area contributed by atoms with Gasteiger partial charge in [-0.05, 0) is 38.5 Å². The van der Waals surface area contributed by atoms with Crippen LogP contribution >= 0.6 is 0 Å². The normalized spacial score (nSPS) is 28.2. The number of allylic oxidation sites excluding steroid dienone is 2. The van der Waals surface area contributed by atoms with Gasteiger partial charge in [-0.25, -0.2) is 0 Å². The van der Waals surface area contributed by atoms with E-state index >= 15 is 0 Å². The number of esters is 2. The fourth-order valence-electron chi connectivity index (χ4n) is 6.97. The molecule has 0 bridgehead atoms. The SMILES string of the molecule is CCCCCC/C=C/CCCCCCCCCC(=O)O[C@H](COC(=O)CCCCCCCCC)CO[C@@H]1O[C@H](CO[C@@H]2O[C@H](CO)[C@H](O)C(O)C2O)[C@H](O)C(O)C1O. The van der Waals surface area contributed by atoms with Crippen molar-refractivity contribution in [2.45, 2.75) is 223 Å². The standard InChI is InChI=1S/C43H78O15/c1-3-5-7-9-11-12-13-14-15-16-17-18-20-22-24-26-35(46)56-31(28-53-34(45)25-23-21-19-10-8-6-4-2)29-54-42-41(52)39(50)37(48)33(58-42)30-55-43-40(51)38(49)36(47)32(27-44)57-43/h12-13,31-33,36-44,47-52H,3-11,14-30H2,1-2H3/b13-12+/t31-,32-,33-,36+,37+,38?,39?,40?,41?,42-,43-/m1/s1. The van der Waals surface area contributed by atoms with Crippen LogP contribution in [0.3, 0.4) is 0 Å². The van der Waals surface area contributed by atoms with Gasteiger partial charge in [0.1, 0.15) is 55.4 Å². The highest BCUT2D eigenvalue weighted by atomic mass is 16.7. The maximum absolute atomic E-state index is 12.9. The topological polar surface area (TPSA) is 231 Å². The van der Waals surface area contributed by atoms with Crippen molar-refractivity contribution in [2.24, 2.45) is 0 Å². The Hall–Kier alpha value is -1.76. The second-order valence-corrected chi connectivity index (χ2v) is 15.9. The van der Waals surface area contributed by atoms with Crippen LogP contribution in [0, 0.1) is 0 Å². The lowest BCUT2D eigenvalue weighted by atomic mass is 9.98. The maximum atomic E-state index is 12.9. The summed E-state index contributed by atoms with van der Waals surface area (Å²) in [6.07, 6.45) is 9.96. The number of aliphatic hydroxyl groups excluding tert-OH is 7. The predicted molar refractivity (Wildman–Crippen MR) is 215 cm³/mol. The molecule has 0 aromatic rings. The molecule has 58 heavy (non-hydrogen) atoms. The lowest BCUT2D eigenvalue weighted by Crippen LogP contribution is -2.61. The van der Waals surface area contributed by atoms with Crippen molar-refractivity contribution in [3.05, 3.63) is 12.2 Å². The smallest absolute Gasteiger partial charge is 0.306 e. The van der Waals surface area contributed by atoms with Crippen molar-refractivity contribution in [3.63, 3.8) is 0 Å². The molecule has 15 heteroatoms. The zero-order valence-electron chi connectivity index (χ0n) is 35.3. The first-order valence-corrected chi connectivity index (χ1v) is 22.3. The number of unbranched alkanes of at least 4 members (excludes halogenated alkanes) is 17. The van der Waals surface area contributed by atoms with E-state index in [9.17, 15) is 45.3 Å². The molecule has 0 radical (unpaired) electrons. The zero-order valence-corrected chi connectivity index (χ0v) is 35.3. The molecule has 2 aliphatic heterocycles. The fraction of sp³-hybridized carbons (Fsp3) is 0.907. The summed E-state index contributed by atoms with van der Waals surface area (Å²) < 4.78 is 33.3. The minimum atomic E-state index is -1.76. The number of ether oxygens (including phenoxy) is 6. The molecule has 0 aromatic heterocycles. The minimum absolute atomic E-state index is 0.163. The summed E-state index contributed by atoms with van der Waals surface area (Å²) in [4.78, 5) is 25.5. The van der Waals surface area contributed by atoms with Crippen LogP contribution in [-0.2, 0) is 38.0 Å². The summed E-state index contributed by atoms with van der Waals surface area (Å²) in [5, 5.41) is 71.7. The van der Waals surface area contributed by atoms with Gasteiger partial charge in [0.25, 0.3) is 0 Å². The molecule has 2 saturated heterocycles. The van der Waals surface area contributed by atoms with Crippen molar-refractivity contribution in [1.82, 2.24) is 0 Å². The van der Waals surface area contributed by atoms with E-state index in [2.05, 4.69) is 26.0 Å². The van der Waals surface area contributed by atoms with Crippen molar-refractivity contribution in [3.8, 4) is 0 Å². The zero-order chi connectivity index (χ0) is 42.5. The first-order chi connectivity index (χ1) is 28.0. The number of carbonyl (C=O) groups is 2. The Morgan fingerprint density at radius 3 is 1.53 bits per heavy atom. The van der Waals surface area contributed by atoms with Crippen LogP contribution in [0.5, 0.6) is 0 Å². The van der Waals surface area contributed by atoms with Crippen LogP contribution in [0.4, 0.5) is 0 Å². The Balaban J connectivity index is 1.84. The number of hydrogen-bond acceptors (Lipinski definition) is 15. The van der Waals surface area contributed by atoms with Gasteiger partial charge in [0.05, 0.1) is 19.8 Å². The van der Waals surface area contributed by atoms with E-state index in [4.69, 9.17) is 28.4 Å². The Morgan fingerprint density at radius 2 is 0.983 bits per heavy atom. The minimum Gasteiger partial charge on any atom is -0.462 e. The summed E-state index contributed by atoms with van der Waals surface area (Å²) in [5.41, 5.74) is 0. The van der Waals surface area contributed by atoms with E-state index in [1.807, 2.05) is 0 Å². The number of aliphatic hydroxyl groups is 7. The second-order valence-electron chi connectivity index (χ2n) is 15.9. The van der Waals surface area contributed by atoms with Gasteiger partial charge in [-0.15, -0.1) is 0 Å². The van der Waals surface area contributed by atoms with Gasteiger partial charge >= 0.3 is 11.9 Å². The second kappa shape index (κ2) is 32.0. The number of carbonyl (C=O) groups excluding carboxylic acids is 2. The largest absolute Gasteiger partial charge is 0.462 e. The van der Waals surface area contributed by atoms with E-state index < -0.39 is 92.7 Å². The summed E-state index contributed by atoms with van der Waals surface area (Å²) in [6.45, 7) is 2.50. The molecule has 4 unspecified atom stereocenters. The molecule has 340 valence electrons. The highest BCUT2D eigenvalue weighted by Gasteiger charge is 2.47. The first-order valence-electron chi connectivity index (χ1n) is 22.3. The predicted octanol–water partition coefficient (Wildman–Crippen LogP) is 4.26. The highest BCUT2D eigenvalue weighted by molar-refractivity contribution is 5.70. The Bertz CT molecular complexity index is 1080. The van der Waals surface area contributed by atoms with E-state index in [1.165, 1.54) is 57.8 Å². The fourth-order valence-corrected chi connectivity index (χ4v) is 6.97. The molecule has 2 aliphatic rings. The van der Waals surface area contributed by atoms with Gasteiger partial charge in [-0.1, -0.05) is 116 Å². The van der Waals surface area contributed by atoms with Crippen molar-refractivity contribution >= 4 is 11.9 Å². The Kier molecular flexibility index (Phi) is 28.9. The molecule has 0 amide bonds.